The predicted octanol–water partition coefficient (Wildman–Crippen LogP) is 3.65. The summed E-state index contributed by atoms with van der Waals surface area (Å²) in [5.74, 6) is 0.849. The molecule has 0 amide bonds. The Hall–Kier alpha value is -0.900. The first kappa shape index (κ1) is 13.5. The minimum Gasteiger partial charge on any atom is -0.506 e. The number of hydrogen-bond acceptors (Lipinski definition) is 4. The van der Waals surface area contributed by atoms with E-state index in [0.29, 0.717) is 11.3 Å². The van der Waals surface area contributed by atoms with E-state index in [-0.39, 0.29) is 5.75 Å². The average Bonchev–Trinajstić information content (AvgIpc) is 2.83. The molecule has 0 saturated carbocycles. The molecule has 0 aliphatic rings. The standard InChI is InChI=1S/C12H8I2N2O2/c13-9-4-8(12(17)11(14)5-9)6-15-16-7-10-2-1-3-18-10/h1-7,17H/b15-6-,16-7-. The molecule has 2 aromatic rings. The average molecular weight is 466 g/mol. The highest BCUT2D eigenvalue weighted by molar-refractivity contribution is 14.1. The first-order valence-electron chi connectivity index (χ1n) is 4.95. The fourth-order valence-electron chi connectivity index (χ4n) is 1.23. The number of hydrogen-bond donors (Lipinski definition) is 1. The second kappa shape index (κ2) is 6.32. The summed E-state index contributed by atoms with van der Waals surface area (Å²) in [6.07, 6.45) is 4.59. The van der Waals surface area contributed by atoms with Gasteiger partial charge in [0, 0.05) is 9.13 Å². The molecule has 0 atom stereocenters. The molecule has 0 bridgehead atoms. The molecule has 1 N–H and O–H groups in total. The van der Waals surface area contributed by atoms with Crippen LogP contribution in [-0.4, -0.2) is 17.5 Å². The molecule has 0 fully saturated rings. The van der Waals surface area contributed by atoms with Gasteiger partial charge in [0.15, 0.2) is 0 Å². The molecule has 0 aliphatic carbocycles. The maximum absolute atomic E-state index is 9.83. The fraction of sp³-hybridized carbons (Fsp3) is 0. The Morgan fingerprint density at radius 1 is 1.17 bits per heavy atom. The molecule has 1 aromatic carbocycles. The van der Waals surface area contributed by atoms with Gasteiger partial charge in [0.2, 0.25) is 0 Å². The molecule has 0 saturated heterocycles. The molecule has 18 heavy (non-hydrogen) atoms. The summed E-state index contributed by atoms with van der Waals surface area (Å²) in [4.78, 5) is 0. The van der Waals surface area contributed by atoms with Gasteiger partial charge in [-0.05, 0) is 69.4 Å². The Bertz CT molecular complexity index is 592. The summed E-state index contributed by atoms with van der Waals surface area (Å²) in [5, 5.41) is 17.6. The molecule has 0 unspecified atom stereocenters. The van der Waals surface area contributed by atoms with E-state index in [1.165, 1.54) is 12.4 Å². The van der Waals surface area contributed by atoms with Gasteiger partial charge in [0.25, 0.3) is 0 Å². The zero-order valence-corrected chi connectivity index (χ0v) is 13.4. The Kier molecular flexibility index (Phi) is 4.75. The van der Waals surface area contributed by atoms with E-state index in [9.17, 15) is 5.11 Å². The highest BCUT2D eigenvalue weighted by Crippen LogP contribution is 2.25. The zero-order valence-electron chi connectivity index (χ0n) is 9.05. The Morgan fingerprint density at radius 3 is 2.67 bits per heavy atom. The number of halogens is 2. The smallest absolute Gasteiger partial charge is 0.146 e. The van der Waals surface area contributed by atoms with Gasteiger partial charge in [-0.25, -0.2) is 0 Å². The molecular formula is C12H8I2N2O2. The maximum Gasteiger partial charge on any atom is 0.146 e. The van der Waals surface area contributed by atoms with Gasteiger partial charge in [-0.1, -0.05) is 0 Å². The van der Waals surface area contributed by atoms with Crippen LogP contribution in [0.3, 0.4) is 0 Å². The lowest BCUT2D eigenvalue weighted by molar-refractivity contribution is 0.470. The van der Waals surface area contributed by atoms with Gasteiger partial charge in [-0.3, -0.25) is 0 Å². The van der Waals surface area contributed by atoms with Crippen molar-refractivity contribution >= 4 is 57.6 Å². The van der Waals surface area contributed by atoms with Crippen LogP contribution in [0.25, 0.3) is 0 Å². The minimum absolute atomic E-state index is 0.216. The summed E-state index contributed by atoms with van der Waals surface area (Å²) in [7, 11) is 0. The van der Waals surface area contributed by atoms with E-state index in [4.69, 9.17) is 4.42 Å². The molecule has 1 aromatic heterocycles. The highest BCUT2D eigenvalue weighted by atomic mass is 127. The molecule has 1 heterocycles. The Balaban J connectivity index is 2.14. The Morgan fingerprint density at radius 2 is 1.94 bits per heavy atom. The fourth-order valence-corrected chi connectivity index (χ4v) is 3.12. The molecule has 92 valence electrons. The lowest BCUT2D eigenvalue weighted by Crippen LogP contribution is -1.87. The van der Waals surface area contributed by atoms with E-state index in [0.717, 1.165) is 7.14 Å². The molecule has 6 heteroatoms. The second-order valence-electron chi connectivity index (χ2n) is 3.33. The lowest BCUT2D eigenvalue weighted by Gasteiger charge is -2.01. The van der Waals surface area contributed by atoms with Gasteiger partial charge in [-0.15, -0.1) is 0 Å². The van der Waals surface area contributed by atoms with Gasteiger partial charge in [0.1, 0.15) is 11.5 Å². The summed E-state index contributed by atoms with van der Waals surface area (Å²) >= 11 is 4.26. The van der Waals surface area contributed by atoms with Crippen molar-refractivity contribution in [2.45, 2.75) is 0 Å². The van der Waals surface area contributed by atoms with Gasteiger partial charge >= 0.3 is 0 Å². The van der Waals surface area contributed by atoms with E-state index in [1.54, 1.807) is 18.4 Å². The molecule has 2 rings (SSSR count). The van der Waals surface area contributed by atoms with Crippen molar-refractivity contribution in [1.82, 2.24) is 0 Å². The third kappa shape index (κ3) is 3.55. The molecule has 4 nitrogen and oxygen atoms in total. The molecule has 0 radical (unpaired) electrons. The number of aromatic hydroxyl groups is 1. The second-order valence-corrected chi connectivity index (χ2v) is 5.74. The van der Waals surface area contributed by atoms with Crippen LogP contribution in [0.4, 0.5) is 0 Å². The highest BCUT2D eigenvalue weighted by Gasteiger charge is 2.04. The van der Waals surface area contributed by atoms with Crippen LogP contribution in [0.15, 0.2) is 45.1 Å². The van der Waals surface area contributed by atoms with E-state index in [1.807, 2.05) is 12.1 Å². The van der Waals surface area contributed by atoms with Crippen molar-refractivity contribution < 1.29 is 9.52 Å². The van der Waals surface area contributed by atoms with E-state index in [2.05, 4.69) is 55.4 Å². The monoisotopic (exact) mass is 466 g/mol. The van der Waals surface area contributed by atoms with Crippen LogP contribution < -0.4 is 0 Å². The SMILES string of the molecule is Oc1c(I)cc(I)cc1/C=N\N=C/c1ccco1. The number of benzene rings is 1. The zero-order chi connectivity index (χ0) is 13.0. The van der Waals surface area contributed by atoms with Crippen molar-refractivity contribution in [1.29, 1.82) is 0 Å². The van der Waals surface area contributed by atoms with Crippen LogP contribution in [-0.2, 0) is 0 Å². The summed E-state index contributed by atoms with van der Waals surface area (Å²) in [5.41, 5.74) is 0.642. The summed E-state index contributed by atoms with van der Waals surface area (Å²) in [6, 6.07) is 7.29. The maximum atomic E-state index is 9.83. The topological polar surface area (TPSA) is 58.1 Å². The molecule has 0 spiro atoms. The number of phenolic OH excluding ortho intramolecular Hbond substituents is 1. The van der Waals surface area contributed by atoms with Crippen molar-refractivity contribution in [3.05, 3.63) is 49.0 Å². The Labute approximate surface area is 131 Å². The van der Waals surface area contributed by atoms with Crippen LogP contribution in [0.2, 0.25) is 0 Å². The predicted molar refractivity (Wildman–Crippen MR) is 87.4 cm³/mol. The number of furan rings is 1. The molecular weight excluding hydrogens is 458 g/mol. The third-order valence-corrected chi connectivity index (χ3v) is 3.49. The van der Waals surface area contributed by atoms with Gasteiger partial charge in [0.05, 0.1) is 22.3 Å². The minimum atomic E-state index is 0.216. The first-order chi connectivity index (χ1) is 8.66. The summed E-state index contributed by atoms with van der Waals surface area (Å²) in [6.45, 7) is 0. The first-order valence-corrected chi connectivity index (χ1v) is 7.10. The summed E-state index contributed by atoms with van der Waals surface area (Å²) < 4.78 is 6.89. The number of nitrogens with zero attached hydrogens (tertiary/aromatic N) is 2. The van der Waals surface area contributed by atoms with Crippen LogP contribution in [0.1, 0.15) is 11.3 Å². The third-order valence-electron chi connectivity index (χ3n) is 2.05. The normalized spacial score (nSPS) is 11.7. The van der Waals surface area contributed by atoms with Crippen molar-refractivity contribution in [3.63, 3.8) is 0 Å². The van der Waals surface area contributed by atoms with Crippen LogP contribution in [0, 0.1) is 7.14 Å². The van der Waals surface area contributed by atoms with Gasteiger partial charge in [-0.2, -0.15) is 10.2 Å². The van der Waals surface area contributed by atoms with E-state index >= 15 is 0 Å². The molecule has 0 aliphatic heterocycles. The van der Waals surface area contributed by atoms with Crippen LogP contribution >= 0.6 is 45.2 Å². The van der Waals surface area contributed by atoms with Gasteiger partial charge < -0.3 is 9.52 Å². The number of rotatable bonds is 3. The van der Waals surface area contributed by atoms with E-state index < -0.39 is 0 Å². The van der Waals surface area contributed by atoms with Crippen molar-refractivity contribution in [3.8, 4) is 5.75 Å². The van der Waals surface area contributed by atoms with Crippen LogP contribution in [0.5, 0.6) is 5.75 Å². The van der Waals surface area contributed by atoms with Crippen molar-refractivity contribution in [2.75, 3.05) is 0 Å². The quantitative estimate of drug-likeness (QED) is 0.427. The largest absolute Gasteiger partial charge is 0.506 e. The lowest BCUT2D eigenvalue weighted by atomic mass is 10.2. The number of phenols is 1. The van der Waals surface area contributed by atoms with Crippen molar-refractivity contribution in [2.24, 2.45) is 10.2 Å².